The molecule has 1 spiro atoms. The zero-order chi connectivity index (χ0) is 21.2. The molecule has 0 aromatic heterocycles. The molecule has 2 saturated carbocycles. The number of rotatable bonds is 2. The molecule has 3 aliphatic rings. The molecule has 5 unspecified atom stereocenters. The number of halogens is 1. The summed E-state index contributed by atoms with van der Waals surface area (Å²) < 4.78 is 0. The minimum Gasteiger partial charge on any atom is -0.0843 e. The topological polar surface area (TPSA) is 0 Å². The lowest BCUT2D eigenvalue weighted by molar-refractivity contribution is 0.0368. The summed E-state index contributed by atoms with van der Waals surface area (Å²) >= 11 is 6.41. The van der Waals surface area contributed by atoms with Crippen molar-refractivity contribution in [1.29, 1.82) is 0 Å². The van der Waals surface area contributed by atoms with Gasteiger partial charge in [0.05, 0.1) is 0 Å². The highest BCUT2D eigenvalue weighted by Gasteiger charge is 2.56. The van der Waals surface area contributed by atoms with Gasteiger partial charge >= 0.3 is 0 Å². The quantitative estimate of drug-likeness (QED) is 0.384. The Morgan fingerprint density at radius 1 is 0.839 bits per heavy atom. The molecule has 0 radical (unpaired) electrons. The molecule has 5 atom stereocenters. The third kappa shape index (κ3) is 2.74. The molecule has 1 heteroatoms. The molecule has 0 N–H and O–H groups in total. The highest BCUT2D eigenvalue weighted by Crippen LogP contribution is 2.65. The van der Waals surface area contributed by atoms with Crippen LogP contribution in [0.3, 0.4) is 0 Å². The minimum absolute atomic E-state index is 0.158. The second kappa shape index (κ2) is 7.24. The lowest BCUT2D eigenvalue weighted by Gasteiger charge is -2.54. The Morgan fingerprint density at radius 2 is 1.61 bits per heavy atom. The van der Waals surface area contributed by atoms with Gasteiger partial charge in [-0.3, -0.25) is 0 Å². The van der Waals surface area contributed by atoms with Gasteiger partial charge in [-0.1, -0.05) is 86.5 Å². The maximum Gasteiger partial charge on any atom is 0.0412 e. The summed E-state index contributed by atoms with van der Waals surface area (Å²) in [6.07, 6.45) is 6.92. The van der Waals surface area contributed by atoms with Gasteiger partial charge in [0.15, 0.2) is 0 Å². The zero-order valence-electron chi connectivity index (χ0n) is 18.6. The Bertz CT molecular complexity index is 1140. The van der Waals surface area contributed by atoms with Crippen molar-refractivity contribution in [2.75, 3.05) is 0 Å². The number of hydrogen-bond acceptors (Lipinski definition) is 0. The first kappa shape index (κ1) is 19.6. The standard InChI is InChI=1S/C30H31Cl/c1-3-20-15-21-14-19(2)30(23(16-20)17-21)27-12-5-4-10-26(27)29-25(11-7-13-28(29)30)22-8-6-9-24(31)18-22/h4-13,18-21,23H,3,14-17H2,1-2H3. The molecule has 0 nitrogen and oxygen atoms in total. The van der Waals surface area contributed by atoms with Crippen molar-refractivity contribution in [3.8, 4) is 22.3 Å². The molecule has 0 aliphatic heterocycles. The Balaban J connectivity index is 1.63. The van der Waals surface area contributed by atoms with Crippen LogP contribution in [0.2, 0.25) is 5.02 Å². The lowest BCUT2D eigenvalue weighted by atomic mass is 9.49. The van der Waals surface area contributed by atoms with E-state index in [-0.39, 0.29) is 5.41 Å². The largest absolute Gasteiger partial charge is 0.0843 e. The van der Waals surface area contributed by atoms with Gasteiger partial charge in [-0.05, 0) is 94.9 Å². The fourth-order valence-electron chi connectivity index (χ4n) is 7.81. The van der Waals surface area contributed by atoms with Crippen molar-refractivity contribution in [2.24, 2.45) is 23.7 Å². The third-order valence-corrected chi connectivity index (χ3v) is 9.11. The predicted octanol–water partition coefficient (Wildman–Crippen LogP) is 8.76. The maximum atomic E-state index is 6.41. The summed E-state index contributed by atoms with van der Waals surface area (Å²) in [5, 5.41) is 0.808. The summed E-state index contributed by atoms with van der Waals surface area (Å²) in [5.41, 5.74) is 8.81. The van der Waals surface area contributed by atoms with Crippen LogP contribution in [0.1, 0.15) is 57.1 Å². The molecule has 0 heterocycles. The van der Waals surface area contributed by atoms with E-state index >= 15 is 0 Å². The molecular formula is C30H31Cl. The van der Waals surface area contributed by atoms with Crippen LogP contribution in [0, 0.1) is 23.7 Å². The molecule has 2 bridgehead atoms. The SMILES string of the molecule is CCC1CC2CC(C)C3(c4ccccc4-c4c(-c5cccc(Cl)c5)cccc43)C(C1)C2. The maximum absolute atomic E-state index is 6.41. The molecule has 6 rings (SSSR count). The van der Waals surface area contributed by atoms with Gasteiger partial charge in [-0.25, -0.2) is 0 Å². The first-order valence-electron chi connectivity index (χ1n) is 12.1. The van der Waals surface area contributed by atoms with Crippen LogP contribution in [0.15, 0.2) is 66.7 Å². The Hall–Kier alpha value is -2.05. The number of benzene rings is 3. The van der Waals surface area contributed by atoms with Crippen LogP contribution in [-0.4, -0.2) is 0 Å². The van der Waals surface area contributed by atoms with Crippen LogP contribution in [0.4, 0.5) is 0 Å². The van der Waals surface area contributed by atoms with E-state index in [9.17, 15) is 0 Å². The fourth-order valence-corrected chi connectivity index (χ4v) is 8.00. The van der Waals surface area contributed by atoms with Gasteiger partial charge in [0.25, 0.3) is 0 Å². The van der Waals surface area contributed by atoms with Crippen molar-refractivity contribution in [2.45, 2.75) is 51.4 Å². The second-order valence-corrected chi connectivity index (χ2v) is 10.8. The average Bonchev–Trinajstić information content (AvgIpc) is 3.09. The highest BCUT2D eigenvalue weighted by atomic mass is 35.5. The molecule has 2 fully saturated rings. The van der Waals surface area contributed by atoms with Crippen molar-refractivity contribution in [3.63, 3.8) is 0 Å². The van der Waals surface area contributed by atoms with Crippen LogP contribution >= 0.6 is 11.6 Å². The molecule has 3 aliphatic carbocycles. The normalized spacial score (nSPS) is 30.8. The smallest absolute Gasteiger partial charge is 0.0412 e. The molecule has 31 heavy (non-hydrogen) atoms. The van der Waals surface area contributed by atoms with E-state index in [1.807, 2.05) is 6.07 Å². The van der Waals surface area contributed by atoms with E-state index < -0.39 is 0 Å². The lowest BCUT2D eigenvalue weighted by Crippen LogP contribution is -2.49. The van der Waals surface area contributed by atoms with Gasteiger partial charge in [0.1, 0.15) is 0 Å². The average molecular weight is 427 g/mol. The molecular weight excluding hydrogens is 396 g/mol. The van der Waals surface area contributed by atoms with Gasteiger partial charge in [0, 0.05) is 10.4 Å². The van der Waals surface area contributed by atoms with E-state index in [1.54, 1.807) is 11.1 Å². The first-order chi connectivity index (χ1) is 15.1. The van der Waals surface area contributed by atoms with Crippen molar-refractivity contribution in [3.05, 3.63) is 82.9 Å². The van der Waals surface area contributed by atoms with Crippen molar-refractivity contribution >= 4 is 11.6 Å². The van der Waals surface area contributed by atoms with Crippen LogP contribution < -0.4 is 0 Å². The zero-order valence-corrected chi connectivity index (χ0v) is 19.3. The van der Waals surface area contributed by atoms with E-state index in [1.165, 1.54) is 54.4 Å². The Kier molecular flexibility index (Phi) is 4.58. The highest BCUT2D eigenvalue weighted by molar-refractivity contribution is 6.30. The molecule has 0 amide bonds. The third-order valence-electron chi connectivity index (χ3n) is 8.88. The van der Waals surface area contributed by atoms with Gasteiger partial charge in [0.2, 0.25) is 0 Å². The molecule has 3 aromatic rings. The summed E-state index contributed by atoms with van der Waals surface area (Å²) in [7, 11) is 0. The van der Waals surface area contributed by atoms with E-state index in [2.05, 4.69) is 74.5 Å². The summed E-state index contributed by atoms with van der Waals surface area (Å²) in [5.74, 6) is 3.22. The fraction of sp³-hybridized carbons (Fsp3) is 0.400. The minimum atomic E-state index is 0.158. The first-order valence-corrected chi connectivity index (χ1v) is 12.5. The van der Waals surface area contributed by atoms with E-state index in [0.717, 1.165) is 22.8 Å². The van der Waals surface area contributed by atoms with Gasteiger partial charge in [-0.15, -0.1) is 0 Å². The van der Waals surface area contributed by atoms with E-state index in [0.29, 0.717) is 5.92 Å². The number of hydrogen-bond donors (Lipinski definition) is 0. The second-order valence-electron chi connectivity index (χ2n) is 10.3. The molecule has 0 saturated heterocycles. The molecule has 158 valence electrons. The van der Waals surface area contributed by atoms with Crippen LogP contribution in [-0.2, 0) is 5.41 Å². The van der Waals surface area contributed by atoms with Gasteiger partial charge < -0.3 is 0 Å². The van der Waals surface area contributed by atoms with Crippen LogP contribution in [0.25, 0.3) is 22.3 Å². The van der Waals surface area contributed by atoms with Crippen molar-refractivity contribution in [1.82, 2.24) is 0 Å². The van der Waals surface area contributed by atoms with Gasteiger partial charge in [-0.2, -0.15) is 0 Å². The van der Waals surface area contributed by atoms with Crippen LogP contribution in [0.5, 0.6) is 0 Å². The summed E-state index contributed by atoms with van der Waals surface area (Å²) in [4.78, 5) is 0. The van der Waals surface area contributed by atoms with Crippen molar-refractivity contribution < 1.29 is 0 Å². The molecule has 3 aromatic carbocycles. The Morgan fingerprint density at radius 3 is 2.45 bits per heavy atom. The Labute approximate surface area is 191 Å². The van der Waals surface area contributed by atoms with E-state index in [4.69, 9.17) is 11.6 Å². The number of fused-ring (bicyclic) bond motifs is 8. The monoisotopic (exact) mass is 426 g/mol. The summed E-state index contributed by atoms with van der Waals surface area (Å²) in [6.45, 7) is 4.94. The predicted molar refractivity (Wildman–Crippen MR) is 131 cm³/mol. The summed E-state index contributed by atoms with van der Waals surface area (Å²) in [6, 6.07) is 24.7.